The Morgan fingerprint density at radius 1 is 1.38 bits per heavy atom. The van der Waals surface area contributed by atoms with Crippen molar-refractivity contribution in [1.29, 1.82) is 0 Å². The van der Waals surface area contributed by atoms with E-state index >= 15 is 0 Å². The molecule has 0 saturated carbocycles. The molecule has 1 heterocycles. The third kappa shape index (κ3) is 4.21. The summed E-state index contributed by atoms with van der Waals surface area (Å²) in [6.45, 7) is 8.71. The van der Waals surface area contributed by atoms with Crippen molar-refractivity contribution in [2.45, 2.75) is 52.3 Å². The zero-order valence-electron chi connectivity index (χ0n) is 13.3. The molecule has 21 heavy (non-hydrogen) atoms. The Morgan fingerprint density at radius 2 is 1.95 bits per heavy atom. The Balaban J connectivity index is 3.20. The molecule has 1 rings (SSSR count). The van der Waals surface area contributed by atoms with E-state index in [1.165, 1.54) is 17.4 Å². The minimum atomic E-state index is -1.15. The van der Waals surface area contributed by atoms with Crippen molar-refractivity contribution in [3.63, 3.8) is 0 Å². The third-order valence-corrected chi connectivity index (χ3v) is 2.81. The van der Waals surface area contributed by atoms with Gasteiger partial charge in [0.25, 0.3) is 0 Å². The highest BCUT2D eigenvalue weighted by Gasteiger charge is 2.37. The molecule has 0 fully saturated rings. The average Bonchev–Trinajstić information content (AvgIpc) is 2.68. The maximum absolute atomic E-state index is 12.4. The first kappa shape index (κ1) is 17.0. The molecule has 1 atom stereocenters. The van der Waals surface area contributed by atoms with E-state index in [4.69, 9.17) is 4.74 Å². The van der Waals surface area contributed by atoms with Crippen molar-refractivity contribution in [3.05, 3.63) is 18.2 Å². The van der Waals surface area contributed by atoms with Crippen LogP contribution in [-0.4, -0.2) is 43.3 Å². The van der Waals surface area contributed by atoms with Gasteiger partial charge in [-0.05, 0) is 34.6 Å². The number of hydrogen-bond donors (Lipinski definition) is 1. The van der Waals surface area contributed by atoms with E-state index in [1.807, 2.05) is 0 Å². The van der Waals surface area contributed by atoms with Gasteiger partial charge in [-0.2, -0.15) is 0 Å². The van der Waals surface area contributed by atoms with E-state index in [-0.39, 0.29) is 6.04 Å². The first-order valence-corrected chi connectivity index (χ1v) is 6.75. The highest BCUT2D eigenvalue weighted by Crippen LogP contribution is 2.25. The molecular weight excluding hydrogens is 274 g/mol. The highest BCUT2D eigenvalue weighted by molar-refractivity contribution is 5.81. The summed E-state index contributed by atoms with van der Waals surface area (Å²) in [5.41, 5.74) is -0.276. The Hall–Kier alpha value is -2.05. The van der Waals surface area contributed by atoms with Crippen molar-refractivity contribution in [2.24, 2.45) is 7.05 Å². The SMILES string of the molecule is CC(C)N(C(=O)OC(C)(C)C)C(C(=O)O)c1cncn1C. The summed E-state index contributed by atoms with van der Waals surface area (Å²) >= 11 is 0. The van der Waals surface area contributed by atoms with Gasteiger partial charge in [0.2, 0.25) is 0 Å². The van der Waals surface area contributed by atoms with Gasteiger partial charge in [-0.25, -0.2) is 14.6 Å². The van der Waals surface area contributed by atoms with E-state index < -0.39 is 23.7 Å². The van der Waals surface area contributed by atoms with Gasteiger partial charge in [0, 0.05) is 13.1 Å². The maximum Gasteiger partial charge on any atom is 0.411 e. The molecule has 0 aliphatic carbocycles. The minimum absolute atomic E-state index is 0.337. The normalized spacial score (nSPS) is 13.1. The first-order valence-electron chi connectivity index (χ1n) is 6.75. The van der Waals surface area contributed by atoms with Crippen LogP contribution in [0, 0.1) is 0 Å². The predicted octanol–water partition coefficient (Wildman–Crippen LogP) is 2.19. The number of nitrogens with zero attached hydrogens (tertiary/aromatic N) is 3. The van der Waals surface area contributed by atoms with E-state index in [1.54, 1.807) is 46.2 Å². The second-order valence-corrected chi connectivity index (χ2v) is 6.15. The summed E-state index contributed by atoms with van der Waals surface area (Å²) in [6.07, 6.45) is 2.28. The van der Waals surface area contributed by atoms with Crippen LogP contribution in [0.25, 0.3) is 0 Å². The lowest BCUT2D eigenvalue weighted by atomic mass is 10.1. The van der Waals surface area contributed by atoms with Gasteiger partial charge in [-0.1, -0.05) is 0 Å². The number of carboxylic acid groups (broad SMARTS) is 1. The Bertz CT molecular complexity index is 517. The van der Waals surface area contributed by atoms with Gasteiger partial charge in [0.05, 0.1) is 18.2 Å². The Morgan fingerprint density at radius 3 is 2.29 bits per heavy atom. The molecule has 0 spiro atoms. The summed E-state index contributed by atoms with van der Waals surface area (Å²) in [5.74, 6) is -1.13. The molecule has 1 aromatic heterocycles. The molecule has 0 aromatic carbocycles. The summed E-state index contributed by atoms with van der Waals surface area (Å²) in [5, 5.41) is 9.55. The quantitative estimate of drug-likeness (QED) is 0.920. The molecule has 7 heteroatoms. The van der Waals surface area contributed by atoms with Gasteiger partial charge >= 0.3 is 12.1 Å². The standard InChI is InChI=1S/C14H23N3O4/c1-9(2)17(13(20)21-14(3,4)5)11(12(18)19)10-7-15-8-16(10)6/h7-9,11H,1-6H3,(H,18,19). The first-order chi connectivity index (χ1) is 9.54. The third-order valence-electron chi connectivity index (χ3n) is 2.81. The second kappa shape index (κ2) is 6.15. The molecular formula is C14H23N3O4. The highest BCUT2D eigenvalue weighted by atomic mass is 16.6. The number of imidazole rings is 1. The van der Waals surface area contributed by atoms with Crippen LogP contribution in [-0.2, 0) is 16.6 Å². The van der Waals surface area contributed by atoms with Gasteiger partial charge in [0.15, 0.2) is 6.04 Å². The van der Waals surface area contributed by atoms with E-state index in [2.05, 4.69) is 4.98 Å². The number of aryl methyl sites for hydroxylation is 1. The minimum Gasteiger partial charge on any atom is -0.479 e. The Labute approximate surface area is 124 Å². The number of hydrogen-bond acceptors (Lipinski definition) is 4. The van der Waals surface area contributed by atoms with Crippen molar-refractivity contribution in [1.82, 2.24) is 14.5 Å². The maximum atomic E-state index is 12.4. The number of carbonyl (C=O) groups is 2. The van der Waals surface area contributed by atoms with Crippen molar-refractivity contribution < 1.29 is 19.4 Å². The van der Waals surface area contributed by atoms with Crippen molar-refractivity contribution in [2.75, 3.05) is 0 Å². The van der Waals surface area contributed by atoms with Crippen LogP contribution in [0.1, 0.15) is 46.4 Å². The lowest BCUT2D eigenvalue weighted by molar-refractivity contribution is -0.144. The van der Waals surface area contributed by atoms with Crippen LogP contribution in [0.4, 0.5) is 4.79 Å². The molecule has 0 radical (unpaired) electrons. The van der Waals surface area contributed by atoms with Crippen LogP contribution in [0.3, 0.4) is 0 Å². The smallest absolute Gasteiger partial charge is 0.411 e. The molecule has 118 valence electrons. The summed E-state index contributed by atoms with van der Waals surface area (Å²) < 4.78 is 6.91. The monoisotopic (exact) mass is 297 g/mol. The summed E-state index contributed by atoms with van der Waals surface area (Å²) in [6, 6.07) is -1.48. The number of carbonyl (C=O) groups excluding carboxylic acids is 1. The van der Waals surface area contributed by atoms with Gasteiger partial charge in [-0.3, -0.25) is 4.90 Å². The van der Waals surface area contributed by atoms with Gasteiger partial charge in [0.1, 0.15) is 5.60 Å². The van der Waals surface area contributed by atoms with Gasteiger partial charge in [-0.15, -0.1) is 0 Å². The summed E-state index contributed by atoms with van der Waals surface area (Å²) in [4.78, 5) is 29.2. The van der Waals surface area contributed by atoms with Crippen LogP contribution in [0.2, 0.25) is 0 Å². The van der Waals surface area contributed by atoms with Crippen LogP contribution in [0.5, 0.6) is 0 Å². The predicted molar refractivity (Wildman–Crippen MR) is 76.8 cm³/mol. The number of rotatable bonds is 4. The van der Waals surface area contributed by atoms with E-state index in [9.17, 15) is 14.7 Å². The molecule has 0 aliphatic rings. The van der Waals surface area contributed by atoms with Gasteiger partial charge < -0.3 is 14.4 Å². The fraction of sp³-hybridized carbons (Fsp3) is 0.643. The molecule has 0 bridgehead atoms. The largest absolute Gasteiger partial charge is 0.479 e. The Kier molecular flexibility index (Phi) is 4.98. The average molecular weight is 297 g/mol. The lowest BCUT2D eigenvalue weighted by Gasteiger charge is -2.34. The molecule has 0 saturated heterocycles. The second-order valence-electron chi connectivity index (χ2n) is 6.15. The van der Waals surface area contributed by atoms with Crippen LogP contribution in [0.15, 0.2) is 12.5 Å². The molecule has 1 amide bonds. The van der Waals surface area contributed by atoms with E-state index in [0.717, 1.165) is 0 Å². The fourth-order valence-electron chi connectivity index (χ4n) is 1.95. The molecule has 1 N–H and O–H groups in total. The van der Waals surface area contributed by atoms with Crippen molar-refractivity contribution >= 4 is 12.1 Å². The van der Waals surface area contributed by atoms with Crippen molar-refractivity contribution in [3.8, 4) is 0 Å². The van der Waals surface area contributed by atoms with E-state index in [0.29, 0.717) is 5.69 Å². The van der Waals surface area contributed by atoms with Crippen LogP contribution >= 0.6 is 0 Å². The molecule has 1 aromatic rings. The number of aliphatic carboxylic acids is 1. The molecule has 7 nitrogen and oxygen atoms in total. The molecule has 0 aliphatic heterocycles. The number of carboxylic acids is 1. The zero-order chi connectivity index (χ0) is 16.4. The summed E-state index contributed by atoms with van der Waals surface area (Å²) in [7, 11) is 1.69. The lowest BCUT2D eigenvalue weighted by Crippen LogP contribution is -2.46. The number of aromatic nitrogens is 2. The fourth-order valence-corrected chi connectivity index (χ4v) is 1.95. The topological polar surface area (TPSA) is 84.7 Å². The zero-order valence-corrected chi connectivity index (χ0v) is 13.3. The number of ether oxygens (including phenoxy) is 1. The molecule has 1 unspecified atom stereocenters. The number of amides is 1. The van der Waals surface area contributed by atoms with Crippen LogP contribution < -0.4 is 0 Å².